The molecule has 126 valence electrons. The quantitative estimate of drug-likeness (QED) is 0.411. The number of para-hydroxylation sites is 1. The molecular weight excluding hydrogens is 414 g/mol. The van der Waals surface area contributed by atoms with Crippen LogP contribution in [-0.4, -0.2) is 32.1 Å². The fourth-order valence-electron chi connectivity index (χ4n) is 1.62. The zero-order valence-corrected chi connectivity index (χ0v) is 14.5. The van der Waals surface area contributed by atoms with E-state index in [2.05, 4.69) is 15.0 Å². The summed E-state index contributed by atoms with van der Waals surface area (Å²) in [6.07, 6.45) is -4.74. The second-order valence-electron chi connectivity index (χ2n) is 4.36. The number of nitrogens with zero attached hydrogens (tertiary/aromatic N) is 1. The van der Waals surface area contributed by atoms with E-state index in [1.165, 1.54) is 18.2 Å². The van der Waals surface area contributed by atoms with Gasteiger partial charge in [0.2, 0.25) is 0 Å². The van der Waals surface area contributed by atoms with Gasteiger partial charge in [-0.2, -0.15) is 0 Å². The molecule has 1 atom stereocenters. The molecule has 5 nitrogen and oxygen atoms in total. The van der Waals surface area contributed by atoms with Crippen LogP contribution in [0.1, 0.15) is 12.5 Å². The van der Waals surface area contributed by atoms with Crippen LogP contribution in [0, 0.1) is 0 Å². The predicted molar refractivity (Wildman–Crippen MR) is 88.3 cm³/mol. The normalized spacial score (nSPS) is 13.2. The van der Waals surface area contributed by atoms with Crippen LogP contribution in [0.5, 0.6) is 5.75 Å². The maximum atomic E-state index is 12.3. The van der Waals surface area contributed by atoms with Crippen molar-refractivity contribution in [3.63, 3.8) is 0 Å². The van der Waals surface area contributed by atoms with Gasteiger partial charge in [0, 0.05) is 18.7 Å². The lowest BCUT2D eigenvalue weighted by Gasteiger charge is -2.14. The highest BCUT2D eigenvalue weighted by Gasteiger charge is 2.31. The minimum Gasteiger partial charge on any atom is -0.405 e. The van der Waals surface area contributed by atoms with Gasteiger partial charge >= 0.3 is 6.36 Å². The Labute approximate surface area is 144 Å². The molecule has 1 unspecified atom stereocenters. The van der Waals surface area contributed by atoms with Gasteiger partial charge in [-0.25, -0.2) is 4.99 Å². The van der Waals surface area contributed by atoms with Gasteiger partial charge in [-0.1, -0.05) is 18.2 Å². The topological polar surface area (TPSA) is 68.9 Å². The molecule has 0 bridgehead atoms. The van der Waals surface area contributed by atoms with Crippen LogP contribution in [0.15, 0.2) is 29.3 Å². The third-order valence-corrected chi connectivity index (χ3v) is 2.43. The Morgan fingerprint density at radius 3 is 2.59 bits per heavy atom. The number of rotatable bonds is 6. The summed E-state index contributed by atoms with van der Waals surface area (Å²) in [7, 11) is 1.55. The number of nitrogens with one attached hydrogen (secondary N) is 1. The Morgan fingerprint density at radius 2 is 2.00 bits per heavy atom. The lowest BCUT2D eigenvalue weighted by Crippen LogP contribution is -2.40. The van der Waals surface area contributed by atoms with Crippen molar-refractivity contribution in [1.29, 1.82) is 0 Å². The molecule has 22 heavy (non-hydrogen) atoms. The maximum Gasteiger partial charge on any atom is 0.573 e. The molecule has 0 amide bonds. The van der Waals surface area contributed by atoms with Gasteiger partial charge in [0.25, 0.3) is 0 Å². The zero-order chi connectivity index (χ0) is 15.9. The van der Waals surface area contributed by atoms with Crippen molar-refractivity contribution in [2.24, 2.45) is 10.7 Å². The lowest BCUT2D eigenvalue weighted by atomic mass is 10.2. The van der Waals surface area contributed by atoms with E-state index in [-0.39, 0.29) is 48.3 Å². The summed E-state index contributed by atoms with van der Waals surface area (Å²) in [5.41, 5.74) is 5.94. The van der Waals surface area contributed by atoms with Gasteiger partial charge in [-0.05, 0) is 13.0 Å². The predicted octanol–water partition coefficient (Wildman–Crippen LogP) is 2.64. The summed E-state index contributed by atoms with van der Waals surface area (Å²) in [5, 5.41) is 2.86. The van der Waals surface area contributed by atoms with Crippen LogP contribution in [-0.2, 0) is 11.3 Å². The number of ether oxygens (including phenoxy) is 2. The molecule has 0 spiro atoms. The van der Waals surface area contributed by atoms with E-state index in [0.717, 1.165) is 0 Å². The average molecular weight is 433 g/mol. The Balaban J connectivity index is 0.00000441. The monoisotopic (exact) mass is 433 g/mol. The second-order valence-corrected chi connectivity index (χ2v) is 4.36. The van der Waals surface area contributed by atoms with E-state index < -0.39 is 6.36 Å². The molecule has 0 radical (unpaired) electrons. The van der Waals surface area contributed by atoms with Crippen LogP contribution in [0.4, 0.5) is 13.2 Å². The van der Waals surface area contributed by atoms with E-state index in [0.29, 0.717) is 12.2 Å². The second kappa shape index (κ2) is 9.72. The number of guanidine groups is 1. The molecule has 1 aromatic carbocycles. The van der Waals surface area contributed by atoms with Crippen molar-refractivity contribution in [3.8, 4) is 5.75 Å². The van der Waals surface area contributed by atoms with Crippen molar-refractivity contribution in [3.05, 3.63) is 29.8 Å². The minimum atomic E-state index is -4.74. The van der Waals surface area contributed by atoms with Gasteiger partial charge < -0.3 is 20.5 Å². The summed E-state index contributed by atoms with van der Waals surface area (Å²) in [6.45, 7) is 2.25. The summed E-state index contributed by atoms with van der Waals surface area (Å²) in [6, 6.07) is 5.73. The Morgan fingerprint density at radius 1 is 1.36 bits per heavy atom. The average Bonchev–Trinajstić information content (AvgIpc) is 2.36. The molecule has 1 rings (SSSR count). The SMILES string of the molecule is COCC(C)NC(N)=NCc1ccccc1OC(F)(F)F.I. The zero-order valence-electron chi connectivity index (χ0n) is 12.2. The highest BCUT2D eigenvalue weighted by Crippen LogP contribution is 2.26. The van der Waals surface area contributed by atoms with Gasteiger partial charge in [0.15, 0.2) is 5.96 Å². The third-order valence-electron chi connectivity index (χ3n) is 2.43. The fraction of sp³-hybridized carbons (Fsp3) is 0.462. The Bertz CT molecular complexity index is 484. The molecule has 0 saturated carbocycles. The number of methoxy groups -OCH3 is 1. The van der Waals surface area contributed by atoms with Crippen LogP contribution in [0.2, 0.25) is 0 Å². The Hall–Kier alpha value is -1.23. The molecule has 0 heterocycles. The number of hydrogen-bond donors (Lipinski definition) is 2. The van der Waals surface area contributed by atoms with E-state index in [9.17, 15) is 13.2 Å². The third kappa shape index (κ3) is 8.27. The molecule has 3 N–H and O–H groups in total. The van der Waals surface area contributed by atoms with Gasteiger partial charge in [0.05, 0.1) is 13.2 Å². The standard InChI is InChI=1S/C13H18F3N3O2.HI/c1-9(8-20-2)19-12(17)18-7-10-5-3-4-6-11(10)21-13(14,15)16;/h3-6,9H,7-8H2,1-2H3,(H3,17,18,19);1H. The van der Waals surface area contributed by atoms with Gasteiger partial charge in [-0.3, -0.25) is 0 Å². The first-order valence-electron chi connectivity index (χ1n) is 6.21. The van der Waals surface area contributed by atoms with E-state index in [1.54, 1.807) is 13.2 Å². The van der Waals surface area contributed by atoms with Crippen molar-refractivity contribution in [1.82, 2.24) is 5.32 Å². The summed E-state index contributed by atoms with van der Waals surface area (Å²) in [4.78, 5) is 3.99. The van der Waals surface area contributed by atoms with E-state index in [4.69, 9.17) is 10.5 Å². The van der Waals surface area contributed by atoms with Crippen molar-refractivity contribution >= 4 is 29.9 Å². The van der Waals surface area contributed by atoms with E-state index in [1.807, 2.05) is 6.92 Å². The molecule has 0 aromatic heterocycles. The molecule has 0 aliphatic carbocycles. The summed E-state index contributed by atoms with van der Waals surface area (Å²) in [5.74, 6) is -0.159. The highest BCUT2D eigenvalue weighted by molar-refractivity contribution is 14.0. The van der Waals surface area contributed by atoms with Crippen LogP contribution >= 0.6 is 24.0 Å². The number of benzene rings is 1. The largest absolute Gasteiger partial charge is 0.573 e. The van der Waals surface area contributed by atoms with Gasteiger partial charge in [-0.15, -0.1) is 37.1 Å². The number of nitrogens with two attached hydrogens (primary N) is 1. The molecule has 9 heteroatoms. The van der Waals surface area contributed by atoms with Crippen molar-refractivity contribution in [2.75, 3.05) is 13.7 Å². The maximum absolute atomic E-state index is 12.3. The highest BCUT2D eigenvalue weighted by atomic mass is 127. The molecule has 0 aliphatic rings. The lowest BCUT2D eigenvalue weighted by molar-refractivity contribution is -0.274. The first-order chi connectivity index (χ1) is 9.81. The summed E-state index contributed by atoms with van der Waals surface area (Å²) >= 11 is 0. The van der Waals surface area contributed by atoms with Crippen LogP contribution in [0.25, 0.3) is 0 Å². The molecule has 0 fully saturated rings. The molecule has 0 aliphatic heterocycles. The van der Waals surface area contributed by atoms with Crippen molar-refractivity contribution < 1.29 is 22.6 Å². The van der Waals surface area contributed by atoms with Gasteiger partial charge in [0.1, 0.15) is 5.75 Å². The molecular formula is C13H19F3IN3O2. The van der Waals surface area contributed by atoms with Crippen LogP contribution in [0.3, 0.4) is 0 Å². The van der Waals surface area contributed by atoms with E-state index >= 15 is 0 Å². The first kappa shape index (κ1) is 20.8. The molecule has 1 aromatic rings. The Kier molecular flexibility index (Phi) is 9.18. The fourth-order valence-corrected chi connectivity index (χ4v) is 1.62. The smallest absolute Gasteiger partial charge is 0.405 e. The number of alkyl halides is 3. The van der Waals surface area contributed by atoms with Crippen LogP contribution < -0.4 is 15.8 Å². The number of hydrogen-bond acceptors (Lipinski definition) is 3. The molecule has 0 saturated heterocycles. The summed E-state index contributed by atoms with van der Waals surface area (Å²) < 4.78 is 45.7. The first-order valence-corrected chi connectivity index (χ1v) is 6.21. The number of halogens is 4. The minimum absolute atomic E-state index is 0. The number of aliphatic imine (C=N–C) groups is 1. The van der Waals surface area contributed by atoms with Crippen molar-refractivity contribution in [2.45, 2.75) is 25.9 Å².